The summed E-state index contributed by atoms with van der Waals surface area (Å²) < 4.78 is 0. The molecule has 0 bridgehead atoms. The van der Waals surface area contributed by atoms with Gasteiger partial charge in [0.1, 0.15) is 6.04 Å². The summed E-state index contributed by atoms with van der Waals surface area (Å²) in [7, 11) is 0. The summed E-state index contributed by atoms with van der Waals surface area (Å²) in [5.74, 6) is 0.519. The Morgan fingerprint density at radius 3 is 2.56 bits per heavy atom. The molecule has 0 saturated carbocycles. The lowest BCUT2D eigenvalue weighted by Crippen LogP contribution is -2.37. The van der Waals surface area contributed by atoms with Crippen LogP contribution in [-0.2, 0) is 4.79 Å². The van der Waals surface area contributed by atoms with Crippen molar-refractivity contribution in [1.29, 1.82) is 0 Å². The minimum Gasteiger partial charge on any atom is -0.480 e. The van der Waals surface area contributed by atoms with Crippen molar-refractivity contribution in [1.82, 2.24) is 5.32 Å². The molecule has 1 unspecified atom stereocenters. The Morgan fingerprint density at radius 2 is 2.00 bits per heavy atom. The van der Waals surface area contributed by atoms with Gasteiger partial charge in [0.25, 0.3) is 0 Å². The highest BCUT2D eigenvalue weighted by Crippen LogP contribution is 2.04. The second-order valence-corrected chi connectivity index (χ2v) is 5.03. The normalized spacial score (nSPS) is 12.6. The van der Waals surface area contributed by atoms with E-state index >= 15 is 0 Å². The van der Waals surface area contributed by atoms with Crippen LogP contribution in [0.4, 0.5) is 0 Å². The van der Waals surface area contributed by atoms with Gasteiger partial charge >= 0.3 is 5.97 Å². The Labute approximate surface area is 103 Å². The highest BCUT2D eigenvalue weighted by molar-refractivity contribution is 7.98. The first-order valence-corrected chi connectivity index (χ1v) is 7.56. The molecule has 2 N–H and O–H groups in total. The number of nitrogens with one attached hydrogen (secondary N) is 1. The van der Waals surface area contributed by atoms with E-state index in [1.165, 1.54) is 25.0 Å². The molecule has 4 heteroatoms. The van der Waals surface area contributed by atoms with E-state index in [1.54, 1.807) is 0 Å². The first-order chi connectivity index (χ1) is 7.72. The maximum Gasteiger partial charge on any atom is 0.320 e. The van der Waals surface area contributed by atoms with Gasteiger partial charge in [-0.05, 0) is 37.8 Å². The van der Waals surface area contributed by atoms with Crippen LogP contribution in [0.15, 0.2) is 0 Å². The number of carbonyl (C=O) groups is 1. The maximum atomic E-state index is 10.8. The van der Waals surface area contributed by atoms with E-state index in [4.69, 9.17) is 5.11 Å². The summed E-state index contributed by atoms with van der Waals surface area (Å²) in [6.45, 7) is 2.84. The van der Waals surface area contributed by atoms with Crippen LogP contribution >= 0.6 is 11.8 Å². The summed E-state index contributed by atoms with van der Waals surface area (Å²) >= 11 is 1.89. The van der Waals surface area contributed by atoms with Gasteiger partial charge in [0, 0.05) is 0 Å². The molecule has 96 valence electrons. The van der Waals surface area contributed by atoms with Crippen molar-refractivity contribution >= 4 is 17.7 Å². The van der Waals surface area contributed by atoms with Crippen molar-refractivity contribution in [2.45, 2.75) is 51.5 Å². The molecule has 0 aromatic heterocycles. The molecule has 0 amide bonds. The topological polar surface area (TPSA) is 49.3 Å². The molecule has 0 aliphatic carbocycles. The standard InChI is InChI=1S/C12H25NO2S/c1-3-8-11(12(14)15)13-9-6-4-5-7-10-16-2/h11,13H,3-10H2,1-2H3,(H,14,15). The van der Waals surface area contributed by atoms with Gasteiger partial charge in [-0.2, -0.15) is 11.8 Å². The number of carboxylic acids is 1. The first kappa shape index (κ1) is 15.8. The van der Waals surface area contributed by atoms with Crippen LogP contribution in [0.3, 0.4) is 0 Å². The minimum atomic E-state index is -0.718. The number of rotatable bonds is 11. The second-order valence-electron chi connectivity index (χ2n) is 4.04. The van der Waals surface area contributed by atoms with Gasteiger partial charge in [0.05, 0.1) is 0 Å². The van der Waals surface area contributed by atoms with Crippen LogP contribution in [0.2, 0.25) is 0 Å². The summed E-state index contributed by atoms with van der Waals surface area (Å²) in [6, 6.07) is -0.351. The van der Waals surface area contributed by atoms with Gasteiger partial charge < -0.3 is 10.4 Å². The lowest BCUT2D eigenvalue weighted by molar-refractivity contribution is -0.139. The lowest BCUT2D eigenvalue weighted by atomic mass is 10.1. The molecular weight excluding hydrogens is 222 g/mol. The van der Waals surface area contributed by atoms with Crippen molar-refractivity contribution in [3.05, 3.63) is 0 Å². The summed E-state index contributed by atoms with van der Waals surface area (Å²) in [5, 5.41) is 12.0. The van der Waals surface area contributed by atoms with E-state index in [9.17, 15) is 4.79 Å². The van der Waals surface area contributed by atoms with Crippen molar-refractivity contribution in [3.8, 4) is 0 Å². The molecule has 0 fully saturated rings. The smallest absolute Gasteiger partial charge is 0.320 e. The van der Waals surface area contributed by atoms with Gasteiger partial charge in [0.15, 0.2) is 0 Å². The molecule has 0 rings (SSSR count). The molecule has 16 heavy (non-hydrogen) atoms. The van der Waals surface area contributed by atoms with Crippen LogP contribution in [-0.4, -0.2) is 35.7 Å². The minimum absolute atomic E-state index is 0.351. The molecule has 0 aliphatic heterocycles. The highest BCUT2D eigenvalue weighted by Gasteiger charge is 2.14. The lowest BCUT2D eigenvalue weighted by Gasteiger charge is -2.12. The number of thioether (sulfide) groups is 1. The van der Waals surface area contributed by atoms with E-state index in [0.29, 0.717) is 0 Å². The molecule has 1 atom stereocenters. The largest absolute Gasteiger partial charge is 0.480 e. The number of carboxylic acid groups (broad SMARTS) is 1. The van der Waals surface area contributed by atoms with E-state index < -0.39 is 5.97 Å². The van der Waals surface area contributed by atoms with Crippen molar-refractivity contribution in [3.63, 3.8) is 0 Å². The zero-order valence-electron chi connectivity index (χ0n) is 10.5. The van der Waals surface area contributed by atoms with Gasteiger partial charge in [-0.3, -0.25) is 4.79 Å². The summed E-state index contributed by atoms with van der Waals surface area (Å²) in [6.07, 6.45) is 8.59. The summed E-state index contributed by atoms with van der Waals surface area (Å²) in [5.41, 5.74) is 0. The molecule has 0 saturated heterocycles. The molecule has 0 radical (unpaired) electrons. The van der Waals surface area contributed by atoms with Crippen LogP contribution in [0.5, 0.6) is 0 Å². The van der Waals surface area contributed by atoms with Crippen LogP contribution in [0.1, 0.15) is 45.4 Å². The quantitative estimate of drug-likeness (QED) is 0.551. The number of aliphatic carboxylic acids is 1. The average Bonchev–Trinajstić information content (AvgIpc) is 2.26. The average molecular weight is 247 g/mol. The van der Waals surface area contributed by atoms with Gasteiger partial charge in [-0.1, -0.05) is 26.2 Å². The van der Waals surface area contributed by atoms with Crippen LogP contribution in [0.25, 0.3) is 0 Å². The Kier molecular flexibility index (Phi) is 11.1. The van der Waals surface area contributed by atoms with Gasteiger partial charge in [0.2, 0.25) is 0 Å². The third-order valence-electron chi connectivity index (χ3n) is 2.54. The predicted molar refractivity (Wildman–Crippen MR) is 71.2 cm³/mol. The molecule has 0 spiro atoms. The monoisotopic (exact) mass is 247 g/mol. The second kappa shape index (κ2) is 11.3. The number of hydrogen-bond donors (Lipinski definition) is 2. The Balaban J connectivity index is 3.37. The predicted octanol–water partition coefficient (Wildman–Crippen LogP) is 2.75. The van der Waals surface area contributed by atoms with E-state index in [0.717, 1.165) is 25.8 Å². The zero-order chi connectivity index (χ0) is 12.2. The molecule has 0 heterocycles. The highest BCUT2D eigenvalue weighted by atomic mass is 32.2. The number of unbranched alkanes of at least 4 members (excludes halogenated alkanes) is 3. The van der Waals surface area contributed by atoms with Crippen molar-refractivity contribution in [2.24, 2.45) is 0 Å². The molecular formula is C12H25NO2S. The van der Waals surface area contributed by atoms with E-state index in [1.807, 2.05) is 18.7 Å². The zero-order valence-corrected chi connectivity index (χ0v) is 11.3. The van der Waals surface area contributed by atoms with Crippen LogP contribution < -0.4 is 5.32 Å². The SMILES string of the molecule is CCCC(NCCCCCCSC)C(=O)O. The Morgan fingerprint density at radius 1 is 1.31 bits per heavy atom. The van der Waals surface area contributed by atoms with Crippen LogP contribution in [0, 0.1) is 0 Å². The van der Waals surface area contributed by atoms with E-state index in [2.05, 4.69) is 11.6 Å². The van der Waals surface area contributed by atoms with Gasteiger partial charge in [-0.25, -0.2) is 0 Å². The molecule has 3 nitrogen and oxygen atoms in total. The molecule has 0 aromatic rings. The van der Waals surface area contributed by atoms with Crippen molar-refractivity contribution < 1.29 is 9.90 Å². The Bertz CT molecular complexity index is 176. The fourth-order valence-electron chi connectivity index (χ4n) is 1.60. The molecule has 0 aliphatic rings. The third kappa shape index (κ3) is 9.04. The first-order valence-electron chi connectivity index (χ1n) is 6.17. The van der Waals surface area contributed by atoms with E-state index in [-0.39, 0.29) is 6.04 Å². The Hall–Kier alpha value is -0.220. The number of hydrogen-bond acceptors (Lipinski definition) is 3. The van der Waals surface area contributed by atoms with Gasteiger partial charge in [-0.15, -0.1) is 0 Å². The molecule has 0 aromatic carbocycles. The fourth-order valence-corrected chi connectivity index (χ4v) is 2.10. The van der Waals surface area contributed by atoms with Crippen molar-refractivity contribution in [2.75, 3.05) is 18.6 Å². The fraction of sp³-hybridized carbons (Fsp3) is 0.917. The maximum absolute atomic E-state index is 10.8. The third-order valence-corrected chi connectivity index (χ3v) is 3.24. The summed E-state index contributed by atoms with van der Waals surface area (Å²) in [4.78, 5) is 10.8.